The molecule has 106 valence electrons. The van der Waals surface area contributed by atoms with Crippen molar-refractivity contribution in [1.29, 1.82) is 0 Å². The number of hydrazine groups is 1. The van der Waals surface area contributed by atoms with Gasteiger partial charge in [-0.3, -0.25) is 11.3 Å². The maximum Gasteiger partial charge on any atom is 0.123 e. The van der Waals surface area contributed by atoms with Crippen LogP contribution in [-0.2, 0) is 0 Å². The number of hydrogen-bond acceptors (Lipinski definition) is 2. The zero-order valence-corrected chi connectivity index (χ0v) is 12.1. The number of aryl methyl sites for hydroxylation is 1. The molecule has 19 heavy (non-hydrogen) atoms. The van der Waals surface area contributed by atoms with Crippen molar-refractivity contribution in [2.45, 2.75) is 46.1 Å². The molecule has 0 radical (unpaired) electrons. The van der Waals surface area contributed by atoms with Crippen LogP contribution in [0.5, 0.6) is 0 Å². The standard InChI is InChI=1S/C16H25FN2/c1-10-4-6-13(8-12(10)3)16(19-18)15-9-14(17)7-5-11(15)2/h5,7,9-10,12-13,16,19H,4,6,8,18H2,1-3H3. The third kappa shape index (κ3) is 3.15. The molecule has 0 spiro atoms. The molecule has 0 saturated heterocycles. The first kappa shape index (κ1) is 14.5. The zero-order chi connectivity index (χ0) is 14.0. The monoisotopic (exact) mass is 264 g/mol. The Bertz CT molecular complexity index is 433. The lowest BCUT2D eigenvalue weighted by molar-refractivity contribution is 0.171. The van der Waals surface area contributed by atoms with Gasteiger partial charge in [-0.15, -0.1) is 0 Å². The molecule has 0 aliphatic heterocycles. The van der Waals surface area contributed by atoms with Crippen LogP contribution in [0.25, 0.3) is 0 Å². The molecule has 4 atom stereocenters. The lowest BCUT2D eigenvalue weighted by atomic mass is 9.72. The van der Waals surface area contributed by atoms with E-state index in [1.165, 1.54) is 12.5 Å². The second-order valence-electron chi connectivity index (χ2n) is 6.17. The highest BCUT2D eigenvalue weighted by Crippen LogP contribution is 2.40. The number of rotatable bonds is 3. The van der Waals surface area contributed by atoms with E-state index < -0.39 is 0 Å². The Kier molecular flexibility index (Phi) is 4.58. The minimum atomic E-state index is -0.182. The minimum absolute atomic E-state index is 0.0608. The average Bonchev–Trinajstić information content (AvgIpc) is 2.38. The molecule has 4 unspecified atom stereocenters. The number of halogens is 1. The molecule has 1 aromatic carbocycles. The van der Waals surface area contributed by atoms with Crippen molar-refractivity contribution < 1.29 is 4.39 Å². The van der Waals surface area contributed by atoms with Crippen LogP contribution in [0, 0.1) is 30.5 Å². The SMILES string of the molecule is Cc1ccc(F)cc1C(NN)C1CCC(C)C(C)C1. The summed E-state index contributed by atoms with van der Waals surface area (Å²) in [6.45, 7) is 6.65. The molecule has 0 amide bonds. The van der Waals surface area contributed by atoms with Gasteiger partial charge in [0.15, 0.2) is 0 Å². The highest BCUT2D eigenvalue weighted by Gasteiger charge is 2.31. The Hall–Kier alpha value is -0.930. The molecule has 1 saturated carbocycles. The van der Waals surface area contributed by atoms with E-state index in [0.29, 0.717) is 11.8 Å². The van der Waals surface area contributed by atoms with Gasteiger partial charge < -0.3 is 0 Å². The van der Waals surface area contributed by atoms with Gasteiger partial charge in [0.1, 0.15) is 5.82 Å². The van der Waals surface area contributed by atoms with Crippen LogP contribution in [0.4, 0.5) is 4.39 Å². The quantitative estimate of drug-likeness (QED) is 0.645. The summed E-state index contributed by atoms with van der Waals surface area (Å²) < 4.78 is 13.5. The van der Waals surface area contributed by atoms with Crippen LogP contribution in [-0.4, -0.2) is 0 Å². The number of benzene rings is 1. The van der Waals surface area contributed by atoms with Crippen LogP contribution in [0.1, 0.15) is 50.3 Å². The largest absolute Gasteiger partial charge is 0.271 e. The summed E-state index contributed by atoms with van der Waals surface area (Å²) in [7, 11) is 0. The highest BCUT2D eigenvalue weighted by molar-refractivity contribution is 5.30. The molecule has 0 heterocycles. The highest BCUT2D eigenvalue weighted by atomic mass is 19.1. The molecule has 1 aliphatic rings. The van der Waals surface area contributed by atoms with Crippen molar-refractivity contribution >= 4 is 0 Å². The average molecular weight is 264 g/mol. The van der Waals surface area contributed by atoms with Crippen LogP contribution in [0.15, 0.2) is 18.2 Å². The Morgan fingerprint density at radius 2 is 2.00 bits per heavy atom. The van der Waals surface area contributed by atoms with Crippen molar-refractivity contribution in [3.05, 3.63) is 35.1 Å². The predicted molar refractivity (Wildman–Crippen MR) is 76.9 cm³/mol. The van der Waals surface area contributed by atoms with E-state index in [0.717, 1.165) is 29.9 Å². The lowest BCUT2D eigenvalue weighted by Crippen LogP contribution is -2.37. The molecule has 1 fully saturated rings. The summed E-state index contributed by atoms with van der Waals surface area (Å²) in [5, 5.41) is 0. The molecule has 0 bridgehead atoms. The van der Waals surface area contributed by atoms with Crippen molar-refractivity contribution in [2.75, 3.05) is 0 Å². The molecular weight excluding hydrogens is 239 g/mol. The maximum absolute atomic E-state index is 13.5. The first-order valence-electron chi connectivity index (χ1n) is 7.25. The second kappa shape index (κ2) is 6.02. The van der Waals surface area contributed by atoms with Crippen molar-refractivity contribution in [3.8, 4) is 0 Å². The summed E-state index contributed by atoms with van der Waals surface area (Å²) in [6, 6.07) is 5.04. The van der Waals surface area contributed by atoms with E-state index in [1.807, 2.05) is 13.0 Å². The zero-order valence-electron chi connectivity index (χ0n) is 12.1. The van der Waals surface area contributed by atoms with E-state index in [2.05, 4.69) is 19.3 Å². The lowest BCUT2D eigenvalue weighted by Gasteiger charge is -2.37. The Morgan fingerprint density at radius 1 is 1.26 bits per heavy atom. The van der Waals surface area contributed by atoms with Gasteiger partial charge in [-0.2, -0.15) is 0 Å². The normalized spacial score (nSPS) is 29.2. The number of nitrogens with one attached hydrogen (secondary N) is 1. The molecule has 1 aromatic rings. The summed E-state index contributed by atoms with van der Waals surface area (Å²) in [5.41, 5.74) is 5.04. The van der Waals surface area contributed by atoms with Gasteiger partial charge in [0.25, 0.3) is 0 Å². The third-order valence-electron chi connectivity index (χ3n) is 4.87. The van der Waals surface area contributed by atoms with Gasteiger partial charge in [-0.05, 0) is 60.8 Å². The second-order valence-corrected chi connectivity index (χ2v) is 6.17. The first-order valence-corrected chi connectivity index (χ1v) is 7.25. The van der Waals surface area contributed by atoms with E-state index >= 15 is 0 Å². The molecule has 2 rings (SSSR count). The fraction of sp³-hybridized carbons (Fsp3) is 0.625. The molecular formula is C16H25FN2. The van der Waals surface area contributed by atoms with Crippen LogP contribution in [0.3, 0.4) is 0 Å². The van der Waals surface area contributed by atoms with E-state index in [4.69, 9.17) is 5.84 Å². The fourth-order valence-corrected chi connectivity index (χ4v) is 3.32. The van der Waals surface area contributed by atoms with Crippen LogP contribution in [0.2, 0.25) is 0 Å². The van der Waals surface area contributed by atoms with E-state index in [1.54, 1.807) is 6.07 Å². The Morgan fingerprint density at radius 3 is 2.63 bits per heavy atom. The topological polar surface area (TPSA) is 38.0 Å². The predicted octanol–water partition coefficient (Wildman–Crippen LogP) is 3.71. The van der Waals surface area contributed by atoms with Gasteiger partial charge in [-0.1, -0.05) is 26.3 Å². The molecule has 2 nitrogen and oxygen atoms in total. The maximum atomic E-state index is 13.5. The van der Waals surface area contributed by atoms with Gasteiger partial charge in [0.05, 0.1) is 0 Å². The van der Waals surface area contributed by atoms with Gasteiger partial charge in [-0.25, -0.2) is 4.39 Å². The van der Waals surface area contributed by atoms with Crippen molar-refractivity contribution in [2.24, 2.45) is 23.6 Å². The van der Waals surface area contributed by atoms with E-state index in [9.17, 15) is 4.39 Å². The first-order chi connectivity index (χ1) is 9.02. The Balaban J connectivity index is 2.22. The van der Waals surface area contributed by atoms with Gasteiger partial charge in [0.2, 0.25) is 0 Å². The van der Waals surface area contributed by atoms with Crippen LogP contribution < -0.4 is 11.3 Å². The van der Waals surface area contributed by atoms with Crippen LogP contribution >= 0.6 is 0 Å². The van der Waals surface area contributed by atoms with E-state index in [-0.39, 0.29) is 11.9 Å². The number of hydrogen-bond donors (Lipinski definition) is 2. The molecule has 3 heteroatoms. The summed E-state index contributed by atoms with van der Waals surface area (Å²) in [6.07, 6.45) is 3.56. The fourth-order valence-electron chi connectivity index (χ4n) is 3.32. The summed E-state index contributed by atoms with van der Waals surface area (Å²) >= 11 is 0. The Labute approximate surface area is 115 Å². The minimum Gasteiger partial charge on any atom is -0.271 e. The smallest absolute Gasteiger partial charge is 0.123 e. The molecule has 0 aromatic heterocycles. The molecule has 1 aliphatic carbocycles. The van der Waals surface area contributed by atoms with Gasteiger partial charge >= 0.3 is 0 Å². The molecule has 3 N–H and O–H groups in total. The third-order valence-corrected chi connectivity index (χ3v) is 4.87. The van der Waals surface area contributed by atoms with Crippen molar-refractivity contribution in [1.82, 2.24) is 5.43 Å². The van der Waals surface area contributed by atoms with Crippen molar-refractivity contribution in [3.63, 3.8) is 0 Å². The summed E-state index contributed by atoms with van der Waals surface area (Å²) in [4.78, 5) is 0. The van der Waals surface area contributed by atoms with Gasteiger partial charge in [0, 0.05) is 6.04 Å². The summed E-state index contributed by atoms with van der Waals surface area (Å²) in [5.74, 6) is 7.57. The number of nitrogens with two attached hydrogens (primary N) is 1.